The van der Waals surface area contributed by atoms with Crippen LogP contribution in [-0.4, -0.2) is 25.3 Å². The average Bonchev–Trinajstić information content (AvgIpc) is 2.58. The van der Waals surface area contributed by atoms with E-state index in [9.17, 15) is 4.79 Å². The number of hydrogen-bond acceptors (Lipinski definition) is 3. The number of amides is 1. The van der Waals surface area contributed by atoms with Crippen molar-refractivity contribution in [2.45, 2.75) is 11.9 Å². The van der Waals surface area contributed by atoms with Gasteiger partial charge >= 0.3 is 0 Å². The topological polar surface area (TPSA) is 38.3 Å². The standard InChI is InChI=1S/C18H19Cl2NO2S/c1-23-17(13-6-3-2-4-7-13)18(22)21-10-11-24-12-14-15(19)8-5-9-16(14)20/h2-9,17H,10-12H2,1H3,(H,21,22)/t17-/m1/s1. The molecular weight excluding hydrogens is 365 g/mol. The predicted octanol–water partition coefficient (Wildman–Crippen LogP) is 4.73. The summed E-state index contributed by atoms with van der Waals surface area (Å²) in [5, 5.41) is 4.23. The lowest BCUT2D eigenvalue weighted by Crippen LogP contribution is -2.32. The molecule has 1 N–H and O–H groups in total. The second-order valence-corrected chi connectivity index (χ2v) is 6.99. The van der Waals surface area contributed by atoms with E-state index in [1.165, 1.54) is 7.11 Å². The molecule has 0 fully saturated rings. The number of methoxy groups -OCH3 is 1. The highest BCUT2D eigenvalue weighted by molar-refractivity contribution is 7.98. The molecule has 2 aromatic rings. The van der Waals surface area contributed by atoms with Gasteiger partial charge in [0.25, 0.3) is 5.91 Å². The van der Waals surface area contributed by atoms with E-state index in [0.29, 0.717) is 22.3 Å². The Morgan fingerprint density at radius 2 is 1.79 bits per heavy atom. The van der Waals surface area contributed by atoms with Crippen LogP contribution in [0.15, 0.2) is 48.5 Å². The minimum Gasteiger partial charge on any atom is -0.367 e. The number of benzene rings is 2. The molecule has 0 spiro atoms. The molecule has 6 heteroatoms. The van der Waals surface area contributed by atoms with Crippen molar-refractivity contribution in [2.75, 3.05) is 19.4 Å². The summed E-state index contributed by atoms with van der Waals surface area (Å²) in [6.45, 7) is 0.554. The summed E-state index contributed by atoms with van der Waals surface area (Å²) in [5.74, 6) is 1.33. The number of nitrogens with one attached hydrogen (secondary N) is 1. The van der Waals surface area contributed by atoms with Crippen molar-refractivity contribution >= 4 is 40.9 Å². The quantitative estimate of drug-likeness (QED) is 0.669. The Bertz CT molecular complexity index is 647. The minimum absolute atomic E-state index is 0.139. The molecule has 0 radical (unpaired) electrons. The Kier molecular flexibility index (Phi) is 7.92. The van der Waals surface area contributed by atoms with Gasteiger partial charge in [-0.2, -0.15) is 11.8 Å². The third-order valence-electron chi connectivity index (χ3n) is 3.43. The van der Waals surface area contributed by atoms with Gasteiger partial charge in [-0.3, -0.25) is 4.79 Å². The van der Waals surface area contributed by atoms with E-state index in [-0.39, 0.29) is 5.91 Å². The van der Waals surface area contributed by atoms with Crippen LogP contribution < -0.4 is 5.32 Å². The third-order valence-corrected chi connectivity index (χ3v) is 5.12. The molecule has 0 aliphatic rings. The fraction of sp³-hybridized carbons (Fsp3) is 0.278. The van der Waals surface area contributed by atoms with E-state index in [1.807, 2.05) is 48.5 Å². The number of carbonyl (C=O) groups excluding carboxylic acids is 1. The van der Waals surface area contributed by atoms with Gasteiger partial charge in [0.2, 0.25) is 0 Å². The summed E-state index contributed by atoms with van der Waals surface area (Å²) in [4.78, 5) is 12.2. The molecule has 0 bridgehead atoms. The number of hydrogen-bond donors (Lipinski definition) is 1. The Hall–Kier alpha value is -1.20. The molecule has 24 heavy (non-hydrogen) atoms. The lowest BCUT2D eigenvalue weighted by atomic mass is 10.1. The van der Waals surface area contributed by atoms with E-state index in [0.717, 1.165) is 16.9 Å². The summed E-state index contributed by atoms with van der Waals surface area (Å²) < 4.78 is 5.30. The summed E-state index contributed by atoms with van der Waals surface area (Å²) in [6.07, 6.45) is -0.589. The van der Waals surface area contributed by atoms with Crippen LogP contribution in [0.5, 0.6) is 0 Å². The van der Waals surface area contributed by atoms with Crippen molar-refractivity contribution < 1.29 is 9.53 Å². The van der Waals surface area contributed by atoms with E-state index in [4.69, 9.17) is 27.9 Å². The molecule has 0 heterocycles. The number of ether oxygens (including phenoxy) is 1. The Morgan fingerprint density at radius 1 is 1.12 bits per heavy atom. The smallest absolute Gasteiger partial charge is 0.253 e. The van der Waals surface area contributed by atoms with Crippen molar-refractivity contribution in [3.8, 4) is 0 Å². The first kappa shape index (κ1) is 19.1. The molecule has 1 amide bonds. The summed E-state index contributed by atoms with van der Waals surface area (Å²) >= 11 is 13.9. The molecule has 3 nitrogen and oxygen atoms in total. The molecule has 0 unspecified atom stereocenters. The van der Waals surface area contributed by atoms with Gasteiger partial charge in [0.1, 0.15) is 0 Å². The van der Waals surface area contributed by atoms with Crippen LogP contribution in [0.3, 0.4) is 0 Å². The van der Waals surface area contributed by atoms with E-state index in [1.54, 1.807) is 11.8 Å². The highest BCUT2D eigenvalue weighted by Crippen LogP contribution is 2.28. The lowest BCUT2D eigenvalue weighted by molar-refractivity contribution is -0.131. The zero-order valence-electron chi connectivity index (χ0n) is 13.3. The number of halogens is 2. The lowest BCUT2D eigenvalue weighted by Gasteiger charge is -2.15. The van der Waals surface area contributed by atoms with E-state index >= 15 is 0 Å². The highest BCUT2D eigenvalue weighted by atomic mass is 35.5. The van der Waals surface area contributed by atoms with Crippen LogP contribution in [0, 0.1) is 0 Å². The SMILES string of the molecule is CO[C@@H](C(=O)NCCSCc1c(Cl)cccc1Cl)c1ccccc1. The maximum atomic E-state index is 12.2. The molecule has 0 saturated carbocycles. The van der Waals surface area contributed by atoms with Gasteiger partial charge in [0, 0.05) is 35.2 Å². The van der Waals surface area contributed by atoms with Crippen LogP contribution >= 0.6 is 35.0 Å². The largest absolute Gasteiger partial charge is 0.367 e. The van der Waals surface area contributed by atoms with Crippen LogP contribution in [0.1, 0.15) is 17.2 Å². The van der Waals surface area contributed by atoms with Gasteiger partial charge in [-0.25, -0.2) is 0 Å². The summed E-state index contributed by atoms with van der Waals surface area (Å²) in [6, 6.07) is 14.9. The van der Waals surface area contributed by atoms with Crippen molar-refractivity contribution in [1.82, 2.24) is 5.32 Å². The molecule has 0 aliphatic carbocycles. The Morgan fingerprint density at radius 3 is 2.42 bits per heavy atom. The third kappa shape index (κ3) is 5.42. The average molecular weight is 384 g/mol. The van der Waals surface area contributed by atoms with Gasteiger partial charge < -0.3 is 10.1 Å². The molecule has 128 valence electrons. The van der Waals surface area contributed by atoms with Crippen LogP contribution in [0.4, 0.5) is 0 Å². The molecule has 0 aliphatic heterocycles. The summed E-state index contributed by atoms with van der Waals surface area (Å²) in [7, 11) is 1.53. The molecule has 1 atom stereocenters. The second kappa shape index (κ2) is 9.94. The van der Waals surface area contributed by atoms with Gasteiger partial charge in [0.05, 0.1) is 0 Å². The minimum atomic E-state index is -0.589. The molecule has 2 rings (SSSR count). The van der Waals surface area contributed by atoms with Gasteiger partial charge in [-0.15, -0.1) is 0 Å². The number of rotatable bonds is 8. The fourth-order valence-electron chi connectivity index (χ4n) is 2.21. The zero-order valence-corrected chi connectivity index (χ0v) is 15.6. The maximum absolute atomic E-state index is 12.2. The van der Waals surface area contributed by atoms with Crippen LogP contribution in [0.25, 0.3) is 0 Å². The van der Waals surface area contributed by atoms with Gasteiger partial charge in [-0.05, 0) is 23.3 Å². The van der Waals surface area contributed by atoms with E-state index < -0.39 is 6.10 Å². The first-order valence-electron chi connectivity index (χ1n) is 7.49. The van der Waals surface area contributed by atoms with Crippen molar-refractivity contribution in [2.24, 2.45) is 0 Å². The predicted molar refractivity (Wildman–Crippen MR) is 102 cm³/mol. The highest BCUT2D eigenvalue weighted by Gasteiger charge is 2.19. The Labute approximate surface area is 156 Å². The van der Waals surface area contributed by atoms with Crippen molar-refractivity contribution in [3.63, 3.8) is 0 Å². The van der Waals surface area contributed by atoms with Gasteiger partial charge in [-0.1, -0.05) is 59.6 Å². The molecule has 0 aromatic heterocycles. The number of thioether (sulfide) groups is 1. The zero-order chi connectivity index (χ0) is 17.4. The number of carbonyl (C=O) groups is 1. The normalized spacial score (nSPS) is 12.0. The van der Waals surface area contributed by atoms with Crippen LogP contribution in [0.2, 0.25) is 10.0 Å². The van der Waals surface area contributed by atoms with Gasteiger partial charge in [0.15, 0.2) is 6.10 Å². The maximum Gasteiger partial charge on any atom is 0.253 e. The van der Waals surface area contributed by atoms with Crippen molar-refractivity contribution in [3.05, 3.63) is 69.7 Å². The second-order valence-electron chi connectivity index (χ2n) is 5.07. The first-order valence-corrected chi connectivity index (χ1v) is 9.40. The summed E-state index contributed by atoms with van der Waals surface area (Å²) in [5.41, 5.74) is 1.77. The first-order chi connectivity index (χ1) is 11.6. The van der Waals surface area contributed by atoms with E-state index in [2.05, 4.69) is 5.32 Å². The molecule has 0 saturated heterocycles. The fourth-order valence-corrected chi connectivity index (χ4v) is 3.80. The van der Waals surface area contributed by atoms with Crippen LogP contribution in [-0.2, 0) is 15.3 Å². The molecular formula is C18H19Cl2NO2S. The Balaban J connectivity index is 1.76. The monoisotopic (exact) mass is 383 g/mol. The van der Waals surface area contributed by atoms with Crippen molar-refractivity contribution in [1.29, 1.82) is 0 Å². The molecule has 2 aromatic carbocycles.